The number of rotatable bonds is 7. The van der Waals surface area contributed by atoms with Gasteiger partial charge in [-0.1, -0.05) is 48.5 Å². The molecule has 0 saturated heterocycles. The van der Waals surface area contributed by atoms with E-state index < -0.39 is 17.5 Å². The molecule has 0 aliphatic heterocycles. The van der Waals surface area contributed by atoms with Crippen LogP contribution in [0, 0.1) is 17.5 Å². The van der Waals surface area contributed by atoms with Crippen LogP contribution in [0.1, 0.15) is 16.8 Å². The van der Waals surface area contributed by atoms with Crippen LogP contribution in [0.15, 0.2) is 96.2 Å². The van der Waals surface area contributed by atoms with Crippen molar-refractivity contribution in [3.8, 4) is 22.8 Å². The zero-order valence-electron chi connectivity index (χ0n) is 19.3. The number of halogens is 3. The maximum atomic E-state index is 13.7. The van der Waals surface area contributed by atoms with Crippen molar-refractivity contribution < 1.29 is 17.9 Å². The summed E-state index contributed by atoms with van der Waals surface area (Å²) in [4.78, 5) is 21.2. The summed E-state index contributed by atoms with van der Waals surface area (Å²) in [7, 11) is 0. The zero-order valence-corrected chi connectivity index (χ0v) is 19.3. The SMILES string of the molecule is O=c1ccn(-c2cc(F)c(F)c(F)c2)nc1Cc1cccc(-c2ncc(OCc3ccccc3)cn2)c1. The van der Waals surface area contributed by atoms with E-state index in [2.05, 4.69) is 15.1 Å². The number of hydrogen-bond acceptors (Lipinski definition) is 5. The second-order valence-electron chi connectivity index (χ2n) is 8.19. The molecule has 0 unspecified atom stereocenters. The molecule has 0 amide bonds. The lowest BCUT2D eigenvalue weighted by Crippen LogP contribution is -2.16. The molecule has 5 aromatic rings. The Morgan fingerprint density at radius 2 is 1.51 bits per heavy atom. The Labute approximate surface area is 209 Å². The van der Waals surface area contributed by atoms with Crippen molar-refractivity contribution in [2.45, 2.75) is 13.0 Å². The third-order valence-corrected chi connectivity index (χ3v) is 5.55. The molecule has 184 valence electrons. The van der Waals surface area contributed by atoms with E-state index in [4.69, 9.17) is 4.74 Å². The van der Waals surface area contributed by atoms with Gasteiger partial charge in [-0.05, 0) is 17.2 Å². The largest absolute Gasteiger partial charge is 0.486 e. The Kier molecular flexibility index (Phi) is 6.76. The highest BCUT2D eigenvalue weighted by Gasteiger charge is 2.13. The molecule has 9 heteroatoms. The van der Waals surface area contributed by atoms with Crippen LogP contribution >= 0.6 is 0 Å². The fourth-order valence-electron chi connectivity index (χ4n) is 3.68. The lowest BCUT2D eigenvalue weighted by Gasteiger charge is -2.09. The van der Waals surface area contributed by atoms with Crippen molar-refractivity contribution in [3.63, 3.8) is 0 Å². The average Bonchev–Trinajstić information content (AvgIpc) is 2.92. The molecule has 2 aromatic heterocycles. The van der Waals surface area contributed by atoms with Crippen molar-refractivity contribution in [1.82, 2.24) is 19.7 Å². The van der Waals surface area contributed by atoms with E-state index in [1.807, 2.05) is 48.5 Å². The fourth-order valence-corrected chi connectivity index (χ4v) is 3.68. The Balaban J connectivity index is 1.34. The molecule has 0 aliphatic rings. The maximum absolute atomic E-state index is 13.7. The van der Waals surface area contributed by atoms with Crippen LogP contribution in [0.2, 0.25) is 0 Å². The molecule has 0 fully saturated rings. The van der Waals surface area contributed by atoms with Crippen LogP contribution in [-0.4, -0.2) is 19.7 Å². The van der Waals surface area contributed by atoms with Gasteiger partial charge in [-0.3, -0.25) is 4.79 Å². The predicted octanol–water partition coefficient (Wildman–Crippen LogP) is 5.28. The van der Waals surface area contributed by atoms with Gasteiger partial charge in [0, 0.05) is 36.4 Å². The molecule has 0 radical (unpaired) electrons. The van der Waals surface area contributed by atoms with E-state index in [0.29, 0.717) is 18.2 Å². The molecule has 5 rings (SSSR count). The Hall–Kier alpha value is -4.79. The molecule has 37 heavy (non-hydrogen) atoms. The standard InChI is InChI=1S/C28H19F3N4O2/c29-23-13-21(14-24(30)27(23)31)35-10-9-26(36)25(34-35)12-19-7-4-8-20(11-19)28-32-15-22(16-33-28)37-17-18-5-2-1-3-6-18/h1-11,13-16H,12,17H2. The molecule has 0 saturated carbocycles. The van der Waals surface area contributed by atoms with Gasteiger partial charge >= 0.3 is 0 Å². The summed E-state index contributed by atoms with van der Waals surface area (Å²) in [6.07, 6.45) is 4.61. The summed E-state index contributed by atoms with van der Waals surface area (Å²) in [6.45, 7) is 0.401. The topological polar surface area (TPSA) is 69.9 Å². The van der Waals surface area contributed by atoms with Crippen LogP contribution in [0.3, 0.4) is 0 Å². The Morgan fingerprint density at radius 1 is 0.811 bits per heavy atom. The number of hydrogen-bond donors (Lipinski definition) is 0. The van der Waals surface area contributed by atoms with Crippen molar-refractivity contribution in [2.24, 2.45) is 0 Å². The van der Waals surface area contributed by atoms with Gasteiger partial charge in [-0.2, -0.15) is 5.10 Å². The second-order valence-corrected chi connectivity index (χ2v) is 8.19. The molecule has 0 spiro atoms. The van der Waals surface area contributed by atoms with Gasteiger partial charge < -0.3 is 4.74 Å². The van der Waals surface area contributed by atoms with Crippen LogP contribution < -0.4 is 10.2 Å². The summed E-state index contributed by atoms with van der Waals surface area (Å²) in [5, 5.41) is 4.21. The molecule has 2 heterocycles. The van der Waals surface area contributed by atoms with Crippen molar-refractivity contribution in [1.29, 1.82) is 0 Å². The highest BCUT2D eigenvalue weighted by atomic mass is 19.2. The smallest absolute Gasteiger partial charge is 0.203 e. The van der Waals surface area contributed by atoms with Gasteiger partial charge in [-0.15, -0.1) is 0 Å². The first-order valence-corrected chi connectivity index (χ1v) is 11.3. The van der Waals surface area contributed by atoms with Gasteiger partial charge in [0.1, 0.15) is 12.3 Å². The highest BCUT2D eigenvalue weighted by molar-refractivity contribution is 5.56. The Morgan fingerprint density at radius 3 is 2.24 bits per heavy atom. The van der Waals surface area contributed by atoms with Crippen LogP contribution in [-0.2, 0) is 13.0 Å². The van der Waals surface area contributed by atoms with E-state index in [-0.39, 0.29) is 23.2 Å². The first kappa shape index (κ1) is 23.9. The maximum Gasteiger partial charge on any atom is 0.203 e. The molecule has 3 aromatic carbocycles. The van der Waals surface area contributed by atoms with Gasteiger partial charge in [0.15, 0.2) is 29.0 Å². The minimum absolute atomic E-state index is 0.0469. The van der Waals surface area contributed by atoms with Crippen molar-refractivity contribution in [3.05, 3.63) is 136 Å². The molecular weight excluding hydrogens is 481 g/mol. The Bertz CT molecular complexity index is 1580. The van der Waals surface area contributed by atoms with Crippen LogP contribution in [0.5, 0.6) is 5.75 Å². The minimum atomic E-state index is -1.57. The average molecular weight is 500 g/mol. The number of benzene rings is 3. The van der Waals surface area contributed by atoms with Gasteiger partial charge in [0.05, 0.1) is 18.1 Å². The lowest BCUT2D eigenvalue weighted by atomic mass is 10.1. The van der Waals surface area contributed by atoms with E-state index in [1.165, 1.54) is 12.3 Å². The summed E-state index contributed by atoms with van der Waals surface area (Å²) in [5.41, 5.74) is 2.27. The van der Waals surface area contributed by atoms with Gasteiger partial charge in [0.25, 0.3) is 0 Å². The molecule has 0 N–H and O–H groups in total. The highest BCUT2D eigenvalue weighted by Crippen LogP contribution is 2.20. The zero-order chi connectivity index (χ0) is 25.8. The number of ether oxygens (including phenoxy) is 1. The molecule has 0 bridgehead atoms. The van der Waals surface area contributed by atoms with E-state index in [9.17, 15) is 18.0 Å². The normalized spacial score (nSPS) is 10.9. The molecule has 0 atom stereocenters. The lowest BCUT2D eigenvalue weighted by molar-refractivity contribution is 0.303. The molecule has 6 nitrogen and oxygen atoms in total. The molecular formula is C28H19F3N4O2. The van der Waals surface area contributed by atoms with E-state index >= 15 is 0 Å². The van der Waals surface area contributed by atoms with Crippen LogP contribution in [0.4, 0.5) is 13.2 Å². The van der Waals surface area contributed by atoms with E-state index in [1.54, 1.807) is 18.5 Å². The minimum Gasteiger partial charge on any atom is -0.486 e. The number of aromatic nitrogens is 4. The molecule has 0 aliphatic carbocycles. The first-order valence-electron chi connectivity index (χ1n) is 11.3. The monoisotopic (exact) mass is 500 g/mol. The fraction of sp³-hybridized carbons (Fsp3) is 0.0714. The van der Waals surface area contributed by atoms with Gasteiger partial charge in [0.2, 0.25) is 5.43 Å². The number of nitrogens with zero attached hydrogens (tertiary/aromatic N) is 4. The summed E-state index contributed by atoms with van der Waals surface area (Å²) < 4.78 is 47.5. The second kappa shape index (κ2) is 10.4. The van der Waals surface area contributed by atoms with Crippen molar-refractivity contribution in [2.75, 3.05) is 0 Å². The van der Waals surface area contributed by atoms with Crippen LogP contribution in [0.25, 0.3) is 17.1 Å². The third-order valence-electron chi connectivity index (χ3n) is 5.55. The van der Waals surface area contributed by atoms with Gasteiger partial charge in [-0.25, -0.2) is 27.8 Å². The quantitative estimate of drug-likeness (QED) is 0.285. The first-order chi connectivity index (χ1) is 18.0. The third kappa shape index (κ3) is 5.56. The summed E-state index contributed by atoms with van der Waals surface area (Å²) in [6, 6.07) is 19.9. The summed E-state index contributed by atoms with van der Waals surface area (Å²) in [5.74, 6) is -3.25. The van der Waals surface area contributed by atoms with E-state index in [0.717, 1.165) is 33.5 Å². The predicted molar refractivity (Wildman–Crippen MR) is 131 cm³/mol. The summed E-state index contributed by atoms with van der Waals surface area (Å²) >= 11 is 0. The van der Waals surface area contributed by atoms with Crippen molar-refractivity contribution >= 4 is 0 Å².